The second-order valence-corrected chi connectivity index (χ2v) is 3.69. The van der Waals surface area contributed by atoms with Crippen LogP contribution in [0.2, 0.25) is 5.02 Å². The van der Waals surface area contributed by atoms with E-state index in [2.05, 4.69) is 5.32 Å². The van der Waals surface area contributed by atoms with E-state index in [1.165, 1.54) is 24.3 Å². The molecule has 88 valence electrons. The first-order chi connectivity index (χ1) is 7.44. The number of rotatable bonds is 4. The molecular formula is C10H11ClF2N2O. The van der Waals surface area contributed by atoms with Crippen LogP contribution in [-0.2, 0) is 0 Å². The average Bonchev–Trinajstić information content (AvgIpc) is 2.27. The molecule has 3 nitrogen and oxygen atoms in total. The lowest BCUT2D eigenvalue weighted by Gasteiger charge is -2.14. The monoisotopic (exact) mass is 248 g/mol. The van der Waals surface area contributed by atoms with Crippen molar-refractivity contribution in [3.8, 4) is 0 Å². The minimum atomic E-state index is -3.08. The van der Waals surface area contributed by atoms with Gasteiger partial charge in [0.25, 0.3) is 11.8 Å². The van der Waals surface area contributed by atoms with E-state index in [0.717, 1.165) is 0 Å². The Morgan fingerprint density at radius 1 is 1.38 bits per heavy atom. The first-order valence-corrected chi connectivity index (χ1v) is 4.94. The highest BCUT2D eigenvalue weighted by Crippen LogP contribution is 2.11. The summed E-state index contributed by atoms with van der Waals surface area (Å²) in [6, 6.07) is 5.94. The SMILES string of the molecule is NCC(F)(F)CNC(=O)c1ccc(Cl)cc1. The van der Waals surface area contributed by atoms with Gasteiger partial charge in [-0.3, -0.25) is 4.79 Å². The fourth-order valence-electron chi connectivity index (χ4n) is 0.985. The van der Waals surface area contributed by atoms with Gasteiger partial charge >= 0.3 is 0 Å². The van der Waals surface area contributed by atoms with Crippen LogP contribution in [0.25, 0.3) is 0 Å². The van der Waals surface area contributed by atoms with Crippen LogP contribution >= 0.6 is 11.6 Å². The quantitative estimate of drug-likeness (QED) is 0.852. The van der Waals surface area contributed by atoms with Crippen LogP contribution in [0.1, 0.15) is 10.4 Å². The first kappa shape index (κ1) is 12.9. The lowest BCUT2D eigenvalue weighted by Crippen LogP contribution is -2.41. The smallest absolute Gasteiger partial charge is 0.277 e. The van der Waals surface area contributed by atoms with E-state index in [9.17, 15) is 13.6 Å². The molecule has 0 fully saturated rings. The van der Waals surface area contributed by atoms with E-state index >= 15 is 0 Å². The average molecular weight is 249 g/mol. The number of halogens is 3. The molecule has 0 radical (unpaired) electrons. The minimum absolute atomic E-state index is 0.275. The van der Waals surface area contributed by atoms with Gasteiger partial charge in [0.1, 0.15) is 0 Å². The largest absolute Gasteiger partial charge is 0.346 e. The molecule has 0 heterocycles. The second kappa shape index (κ2) is 5.23. The summed E-state index contributed by atoms with van der Waals surface area (Å²) in [6.45, 7) is -1.57. The third-order valence-electron chi connectivity index (χ3n) is 1.91. The third-order valence-corrected chi connectivity index (χ3v) is 2.16. The van der Waals surface area contributed by atoms with Gasteiger partial charge in [0.2, 0.25) is 0 Å². The van der Waals surface area contributed by atoms with E-state index < -0.39 is 24.9 Å². The molecule has 0 saturated heterocycles. The van der Waals surface area contributed by atoms with Crippen LogP contribution in [0.3, 0.4) is 0 Å². The van der Waals surface area contributed by atoms with E-state index in [0.29, 0.717) is 5.02 Å². The number of benzene rings is 1. The molecule has 0 aliphatic rings. The van der Waals surface area contributed by atoms with Crippen LogP contribution in [0.5, 0.6) is 0 Å². The molecule has 16 heavy (non-hydrogen) atoms. The number of carbonyl (C=O) groups is 1. The van der Waals surface area contributed by atoms with Crippen molar-refractivity contribution in [1.29, 1.82) is 0 Å². The molecule has 0 aliphatic carbocycles. The van der Waals surface area contributed by atoms with E-state index in [1.54, 1.807) is 0 Å². The fraction of sp³-hybridized carbons (Fsp3) is 0.300. The maximum Gasteiger partial charge on any atom is 0.277 e. The number of amides is 1. The van der Waals surface area contributed by atoms with Gasteiger partial charge in [0, 0.05) is 10.6 Å². The van der Waals surface area contributed by atoms with Gasteiger partial charge in [0.05, 0.1) is 13.1 Å². The predicted octanol–water partition coefficient (Wildman–Crippen LogP) is 1.66. The van der Waals surface area contributed by atoms with Crippen LogP contribution in [-0.4, -0.2) is 24.9 Å². The Balaban J connectivity index is 2.56. The lowest BCUT2D eigenvalue weighted by molar-refractivity contribution is 0.0118. The van der Waals surface area contributed by atoms with Crippen molar-refractivity contribution in [3.05, 3.63) is 34.9 Å². The normalized spacial score (nSPS) is 11.2. The minimum Gasteiger partial charge on any atom is -0.346 e. The summed E-state index contributed by atoms with van der Waals surface area (Å²) in [6.07, 6.45) is 0. The van der Waals surface area contributed by atoms with Gasteiger partial charge in [-0.05, 0) is 24.3 Å². The Morgan fingerprint density at radius 3 is 2.44 bits per heavy atom. The number of nitrogens with one attached hydrogen (secondary N) is 1. The van der Waals surface area contributed by atoms with Gasteiger partial charge in [-0.2, -0.15) is 0 Å². The van der Waals surface area contributed by atoms with Gasteiger partial charge in [-0.25, -0.2) is 8.78 Å². The topological polar surface area (TPSA) is 55.1 Å². The maximum atomic E-state index is 12.7. The summed E-state index contributed by atoms with van der Waals surface area (Å²) >= 11 is 5.62. The zero-order valence-electron chi connectivity index (χ0n) is 8.34. The van der Waals surface area contributed by atoms with E-state index in [1.807, 2.05) is 0 Å². The third kappa shape index (κ3) is 3.75. The number of carbonyl (C=O) groups excluding carboxylic acids is 1. The van der Waals surface area contributed by atoms with Crippen molar-refractivity contribution in [2.45, 2.75) is 5.92 Å². The Morgan fingerprint density at radius 2 is 1.94 bits per heavy atom. The Hall–Kier alpha value is -1.20. The van der Waals surface area contributed by atoms with Crippen LogP contribution < -0.4 is 11.1 Å². The molecule has 0 unspecified atom stereocenters. The highest BCUT2D eigenvalue weighted by molar-refractivity contribution is 6.30. The zero-order chi connectivity index (χ0) is 12.2. The summed E-state index contributed by atoms with van der Waals surface area (Å²) in [4.78, 5) is 11.4. The maximum absolute atomic E-state index is 12.7. The molecule has 1 aromatic carbocycles. The van der Waals surface area contributed by atoms with Crippen molar-refractivity contribution in [1.82, 2.24) is 5.32 Å². The Kier molecular flexibility index (Phi) is 4.20. The number of hydrogen-bond acceptors (Lipinski definition) is 2. The van der Waals surface area contributed by atoms with Crippen LogP contribution in [0.15, 0.2) is 24.3 Å². The summed E-state index contributed by atoms with van der Waals surface area (Å²) in [7, 11) is 0. The zero-order valence-corrected chi connectivity index (χ0v) is 9.10. The number of hydrogen-bond donors (Lipinski definition) is 2. The molecule has 0 aliphatic heterocycles. The van der Waals surface area contributed by atoms with E-state index in [-0.39, 0.29) is 5.56 Å². The highest BCUT2D eigenvalue weighted by atomic mass is 35.5. The summed E-state index contributed by atoms with van der Waals surface area (Å²) in [5.74, 6) is -3.66. The summed E-state index contributed by atoms with van der Waals surface area (Å²) in [5, 5.41) is 2.57. The molecule has 0 aromatic heterocycles. The second-order valence-electron chi connectivity index (χ2n) is 3.25. The highest BCUT2D eigenvalue weighted by Gasteiger charge is 2.27. The first-order valence-electron chi connectivity index (χ1n) is 4.56. The van der Waals surface area contributed by atoms with Gasteiger partial charge < -0.3 is 11.1 Å². The predicted molar refractivity (Wildman–Crippen MR) is 57.8 cm³/mol. The molecule has 0 saturated carbocycles. The molecule has 1 aromatic rings. The molecule has 3 N–H and O–H groups in total. The standard InChI is InChI=1S/C10H11ClF2N2O/c11-8-3-1-7(2-4-8)9(16)15-6-10(12,13)5-14/h1-4H,5-6,14H2,(H,15,16). The van der Waals surface area contributed by atoms with Crippen molar-refractivity contribution < 1.29 is 13.6 Å². The van der Waals surface area contributed by atoms with Gasteiger partial charge in [-0.15, -0.1) is 0 Å². The Bertz CT molecular complexity index is 368. The Labute approximate surface area is 96.6 Å². The molecule has 0 bridgehead atoms. The number of nitrogens with two attached hydrogens (primary N) is 1. The van der Waals surface area contributed by atoms with Crippen molar-refractivity contribution in [3.63, 3.8) is 0 Å². The molecule has 6 heteroatoms. The van der Waals surface area contributed by atoms with Gasteiger partial charge in [-0.1, -0.05) is 11.6 Å². The van der Waals surface area contributed by atoms with Gasteiger partial charge in [0.15, 0.2) is 0 Å². The van der Waals surface area contributed by atoms with Crippen molar-refractivity contribution >= 4 is 17.5 Å². The van der Waals surface area contributed by atoms with Crippen molar-refractivity contribution in [2.75, 3.05) is 13.1 Å². The molecular weight excluding hydrogens is 238 g/mol. The molecule has 0 spiro atoms. The molecule has 0 atom stereocenters. The number of alkyl halides is 2. The van der Waals surface area contributed by atoms with Crippen molar-refractivity contribution in [2.24, 2.45) is 5.73 Å². The fourth-order valence-corrected chi connectivity index (χ4v) is 1.11. The van der Waals surface area contributed by atoms with E-state index in [4.69, 9.17) is 17.3 Å². The lowest BCUT2D eigenvalue weighted by atomic mass is 10.2. The summed E-state index contributed by atoms with van der Waals surface area (Å²) in [5.41, 5.74) is 5.11. The van der Waals surface area contributed by atoms with Crippen LogP contribution in [0, 0.1) is 0 Å². The molecule has 1 rings (SSSR count). The van der Waals surface area contributed by atoms with Crippen LogP contribution in [0.4, 0.5) is 8.78 Å². The molecule has 1 amide bonds. The summed E-state index contributed by atoms with van der Waals surface area (Å²) < 4.78 is 25.5.